The van der Waals surface area contributed by atoms with Gasteiger partial charge < -0.3 is 11.1 Å². The fourth-order valence-electron chi connectivity index (χ4n) is 3.43. The first-order chi connectivity index (χ1) is 11.6. The number of carbonyl (C=O) groups excluding carboxylic acids is 1. The van der Waals surface area contributed by atoms with Crippen LogP contribution in [0.1, 0.15) is 54.5 Å². The molecule has 0 fully saturated rings. The van der Waals surface area contributed by atoms with Crippen LogP contribution in [0.5, 0.6) is 0 Å². The van der Waals surface area contributed by atoms with Gasteiger partial charge in [0, 0.05) is 12.1 Å². The minimum atomic E-state index is 0.0397. The largest absolute Gasteiger partial charge is 0.399 e. The fourth-order valence-corrected chi connectivity index (χ4v) is 3.43. The molecule has 2 aromatic rings. The van der Waals surface area contributed by atoms with E-state index >= 15 is 0 Å². The SMILES string of the molecule is CC(NC(=O)CCc1ccccc1N)c1ccc2c(c1)CCCC2. The zero-order valence-electron chi connectivity index (χ0n) is 14.3. The number of fused-ring (bicyclic) bond motifs is 1. The van der Waals surface area contributed by atoms with Crippen LogP contribution in [0.25, 0.3) is 0 Å². The Balaban J connectivity index is 1.57. The van der Waals surface area contributed by atoms with Crippen molar-refractivity contribution >= 4 is 11.6 Å². The lowest BCUT2D eigenvalue weighted by Crippen LogP contribution is -2.27. The van der Waals surface area contributed by atoms with Crippen molar-refractivity contribution in [2.75, 3.05) is 5.73 Å². The summed E-state index contributed by atoms with van der Waals surface area (Å²) in [5.74, 6) is 0.0727. The first-order valence-electron chi connectivity index (χ1n) is 8.88. The van der Waals surface area contributed by atoms with E-state index < -0.39 is 0 Å². The van der Waals surface area contributed by atoms with Crippen LogP contribution in [0.15, 0.2) is 42.5 Å². The molecule has 0 spiro atoms. The number of hydrogen-bond acceptors (Lipinski definition) is 2. The summed E-state index contributed by atoms with van der Waals surface area (Å²) >= 11 is 0. The predicted molar refractivity (Wildman–Crippen MR) is 98.8 cm³/mol. The van der Waals surface area contributed by atoms with Gasteiger partial charge in [-0.25, -0.2) is 0 Å². The molecule has 0 saturated heterocycles. The molecule has 3 N–H and O–H groups in total. The quantitative estimate of drug-likeness (QED) is 0.819. The number of anilines is 1. The summed E-state index contributed by atoms with van der Waals surface area (Å²) in [6, 6.07) is 14.4. The molecule has 3 rings (SSSR count). The Morgan fingerprint density at radius 3 is 2.67 bits per heavy atom. The van der Waals surface area contributed by atoms with Crippen LogP contribution in [-0.4, -0.2) is 5.91 Å². The number of benzene rings is 2. The average Bonchev–Trinajstić information content (AvgIpc) is 2.60. The Morgan fingerprint density at radius 1 is 1.12 bits per heavy atom. The molecule has 0 aromatic heterocycles. The number of nitrogens with two attached hydrogens (primary N) is 1. The standard InChI is InChI=1S/C21H26N2O/c1-15(18-11-10-16-6-2-3-8-19(16)14-18)23-21(24)13-12-17-7-4-5-9-20(17)22/h4-5,7,9-11,14-15H,2-3,6,8,12-13,22H2,1H3,(H,23,24). The summed E-state index contributed by atoms with van der Waals surface area (Å²) < 4.78 is 0. The first kappa shape index (κ1) is 16.6. The van der Waals surface area contributed by atoms with Crippen molar-refractivity contribution < 1.29 is 4.79 Å². The molecule has 0 radical (unpaired) electrons. The number of carbonyl (C=O) groups is 1. The van der Waals surface area contributed by atoms with Gasteiger partial charge in [-0.3, -0.25) is 4.79 Å². The summed E-state index contributed by atoms with van der Waals surface area (Å²) in [7, 11) is 0. The van der Waals surface area contributed by atoms with Gasteiger partial charge in [0.2, 0.25) is 5.91 Å². The Kier molecular flexibility index (Phi) is 5.19. The summed E-state index contributed by atoms with van der Waals surface area (Å²) in [5, 5.41) is 3.11. The topological polar surface area (TPSA) is 55.1 Å². The molecule has 126 valence electrons. The molecular formula is C21H26N2O. The lowest BCUT2D eigenvalue weighted by atomic mass is 9.89. The average molecular weight is 322 g/mol. The van der Waals surface area contributed by atoms with Gasteiger partial charge in [0.25, 0.3) is 0 Å². The van der Waals surface area contributed by atoms with Crippen molar-refractivity contribution in [3.8, 4) is 0 Å². The van der Waals surface area contributed by atoms with Gasteiger partial charge in [0.15, 0.2) is 0 Å². The van der Waals surface area contributed by atoms with Crippen LogP contribution in [0.2, 0.25) is 0 Å². The van der Waals surface area contributed by atoms with Crippen molar-refractivity contribution in [3.63, 3.8) is 0 Å². The van der Waals surface area contributed by atoms with E-state index in [2.05, 4.69) is 30.4 Å². The lowest BCUT2D eigenvalue weighted by molar-refractivity contribution is -0.121. The molecule has 3 heteroatoms. The highest BCUT2D eigenvalue weighted by atomic mass is 16.1. The molecule has 0 aliphatic heterocycles. The van der Waals surface area contributed by atoms with Crippen LogP contribution in [-0.2, 0) is 24.1 Å². The van der Waals surface area contributed by atoms with Crippen molar-refractivity contribution in [2.45, 2.75) is 51.5 Å². The van der Waals surface area contributed by atoms with Gasteiger partial charge in [-0.2, -0.15) is 0 Å². The van der Waals surface area contributed by atoms with Crippen LogP contribution in [0, 0.1) is 0 Å². The summed E-state index contributed by atoms with van der Waals surface area (Å²) in [4.78, 5) is 12.2. The number of rotatable bonds is 5. The number of aryl methyl sites for hydroxylation is 3. The van der Waals surface area contributed by atoms with Gasteiger partial charge in [0.1, 0.15) is 0 Å². The molecule has 0 bridgehead atoms. The second kappa shape index (κ2) is 7.52. The summed E-state index contributed by atoms with van der Waals surface area (Å²) in [6.45, 7) is 2.05. The van der Waals surface area contributed by atoms with Gasteiger partial charge in [-0.15, -0.1) is 0 Å². The first-order valence-corrected chi connectivity index (χ1v) is 8.88. The van der Waals surface area contributed by atoms with Crippen molar-refractivity contribution in [2.24, 2.45) is 0 Å². The second-order valence-corrected chi connectivity index (χ2v) is 6.72. The van der Waals surface area contributed by atoms with E-state index in [-0.39, 0.29) is 11.9 Å². The summed E-state index contributed by atoms with van der Waals surface area (Å²) in [5.41, 5.74) is 11.9. The van der Waals surface area contributed by atoms with Crippen molar-refractivity contribution in [1.82, 2.24) is 5.32 Å². The Morgan fingerprint density at radius 2 is 1.88 bits per heavy atom. The highest BCUT2D eigenvalue weighted by Gasteiger charge is 2.14. The highest BCUT2D eigenvalue weighted by molar-refractivity contribution is 5.77. The maximum Gasteiger partial charge on any atom is 0.220 e. The molecule has 1 amide bonds. The van der Waals surface area contributed by atoms with E-state index in [1.54, 1.807) is 0 Å². The van der Waals surface area contributed by atoms with E-state index in [0.717, 1.165) is 17.7 Å². The third-order valence-corrected chi connectivity index (χ3v) is 4.93. The molecule has 0 heterocycles. The maximum absolute atomic E-state index is 12.2. The second-order valence-electron chi connectivity index (χ2n) is 6.72. The fraction of sp³-hybridized carbons (Fsp3) is 0.381. The number of nitrogens with one attached hydrogen (secondary N) is 1. The molecule has 1 unspecified atom stereocenters. The van der Waals surface area contributed by atoms with Gasteiger partial charge in [-0.05, 0) is 67.3 Å². The molecule has 2 aromatic carbocycles. The molecule has 1 atom stereocenters. The Hall–Kier alpha value is -2.29. The van der Waals surface area contributed by atoms with Crippen LogP contribution in [0.3, 0.4) is 0 Å². The van der Waals surface area contributed by atoms with E-state index in [9.17, 15) is 4.79 Å². The van der Waals surface area contributed by atoms with Gasteiger partial charge in [-0.1, -0.05) is 36.4 Å². The van der Waals surface area contributed by atoms with Crippen LogP contribution in [0.4, 0.5) is 5.69 Å². The number of nitrogen functional groups attached to an aromatic ring is 1. The number of para-hydroxylation sites is 1. The third kappa shape index (κ3) is 3.97. The van der Waals surface area contributed by atoms with Crippen molar-refractivity contribution in [3.05, 3.63) is 64.7 Å². The highest BCUT2D eigenvalue weighted by Crippen LogP contribution is 2.24. The minimum absolute atomic E-state index is 0.0397. The van der Waals surface area contributed by atoms with E-state index in [1.165, 1.54) is 36.0 Å². The molecule has 1 aliphatic carbocycles. The van der Waals surface area contributed by atoms with E-state index in [0.29, 0.717) is 12.8 Å². The normalized spacial score (nSPS) is 14.7. The van der Waals surface area contributed by atoms with Crippen LogP contribution < -0.4 is 11.1 Å². The molecule has 1 aliphatic rings. The Labute approximate surface area is 144 Å². The predicted octanol–water partition coefficient (Wildman–Crippen LogP) is 3.96. The van der Waals surface area contributed by atoms with Gasteiger partial charge >= 0.3 is 0 Å². The zero-order chi connectivity index (χ0) is 16.9. The monoisotopic (exact) mass is 322 g/mol. The molecular weight excluding hydrogens is 296 g/mol. The summed E-state index contributed by atoms with van der Waals surface area (Å²) in [6.07, 6.45) is 6.06. The lowest BCUT2D eigenvalue weighted by Gasteiger charge is -2.20. The molecule has 24 heavy (non-hydrogen) atoms. The zero-order valence-corrected chi connectivity index (χ0v) is 14.3. The maximum atomic E-state index is 12.2. The Bertz CT molecular complexity index is 724. The third-order valence-electron chi connectivity index (χ3n) is 4.93. The number of amides is 1. The minimum Gasteiger partial charge on any atom is -0.399 e. The van der Waals surface area contributed by atoms with E-state index in [1.807, 2.05) is 24.3 Å². The number of hydrogen-bond donors (Lipinski definition) is 2. The van der Waals surface area contributed by atoms with Gasteiger partial charge in [0.05, 0.1) is 6.04 Å². The molecule has 0 saturated carbocycles. The smallest absolute Gasteiger partial charge is 0.220 e. The van der Waals surface area contributed by atoms with Crippen molar-refractivity contribution in [1.29, 1.82) is 0 Å². The molecule has 3 nitrogen and oxygen atoms in total. The van der Waals surface area contributed by atoms with E-state index in [4.69, 9.17) is 5.73 Å². The van der Waals surface area contributed by atoms with Crippen LogP contribution >= 0.6 is 0 Å².